The van der Waals surface area contributed by atoms with Crippen LogP contribution in [-0.4, -0.2) is 64.6 Å². The molecule has 10 nitrogen and oxygen atoms in total. The summed E-state index contributed by atoms with van der Waals surface area (Å²) in [6.07, 6.45) is -1.86. The number of likely N-dealkylation sites (tertiary alicyclic amines) is 1. The van der Waals surface area contributed by atoms with Gasteiger partial charge in [-0.25, -0.2) is 9.78 Å². The highest BCUT2D eigenvalue weighted by atomic mass is 19.4. The molecule has 1 saturated heterocycles. The van der Waals surface area contributed by atoms with Gasteiger partial charge in [0.15, 0.2) is 0 Å². The molecule has 1 aliphatic heterocycles. The van der Waals surface area contributed by atoms with E-state index in [1.54, 1.807) is 30.3 Å². The zero-order valence-corrected chi connectivity index (χ0v) is 24.3. The molecule has 6 rings (SSSR count). The average molecular weight is 618 g/mol. The monoisotopic (exact) mass is 617 g/mol. The number of alkyl halides is 3. The predicted octanol–water partition coefficient (Wildman–Crippen LogP) is 6.10. The minimum absolute atomic E-state index is 0.0513. The largest absolute Gasteiger partial charge is 0.480 e. The van der Waals surface area contributed by atoms with E-state index in [0.717, 1.165) is 11.6 Å². The number of tetrazole rings is 1. The highest BCUT2D eigenvalue weighted by Crippen LogP contribution is 2.42. The number of hydrogen-bond acceptors (Lipinski definition) is 6. The number of aromatic nitrogens is 6. The van der Waals surface area contributed by atoms with Gasteiger partial charge in [0, 0.05) is 18.0 Å². The molecule has 1 amide bonds. The Hall–Kier alpha value is -5.07. The lowest BCUT2D eigenvalue weighted by Crippen LogP contribution is -2.44. The van der Waals surface area contributed by atoms with Gasteiger partial charge in [-0.15, -0.1) is 10.2 Å². The fourth-order valence-corrected chi connectivity index (χ4v) is 6.24. The molecule has 0 spiro atoms. The van der Waals surface area contributed by atoms with Crippen molar-refractivity contribution >= 4 is 22.9 Å². The highest BCUT2D eigenvalue weighted by molar-refractivity contribution is 5.92. The molecule has 1 aliphatic rings. The number of H-pyrrole nitrogens is 1. The summed E-state index contributed by atoms with van der Waals surface area (Å²) in [5, 5.41) is 24.0. The Balaban J connectivity index is 1.45. The number of imidazole rings is 1. The zero-order valence-electron chi connectivity index (χ0n) is 24.3. The standard InChI is InChI=1S/C32H30F3N7O3/c1-2-3-13-26(30(43)41-17-21(16-27(41)31(44)45)19-9-5-4-6-10-19)42-18-36-25-15-20(14-24(28(25)42)32(33,34)35)22-11-7-8-12-23(22)29-37-39-40-38-29/h4-12,14-15,18,21,26-27H,2-3,13,16-17H2,1H3,(H,44,45)(H,37,38,39,40)/t21-,26?,27-/m0/s1. The molecule has 232 valence electrons. The number of fused-ring (bicyclic) bond motifs is 1. The number of amides is 1. The van der Waals surface area contributed by atoms with Crippen molar-refractivity contribution in [1.29, 1.82) is 0 Å². The second-order valence-corrected chi connectivity index (χ2v) is 11.2. The molecule has 45 heavy (non-hydrogen) atoms. The summed E-state index contributed by atoms with van der Waals surface area (Å²) in [7, 11) is 0. The van der Waals surface area contributed by atoms with Gasteiger partial charge in [0.25, 0.3) is 0 Å². The number of nitrogens with zero attached hydrogens (tertiary/aromatic N) is 6. The van der Waals surface area contributed by atoms with Crippen LogP contribution in [-0.2, 0) is 15.8 Å². The molecule has 0 aliphatic carbocycles. The van der Waals surface area contributed by atoms with E-state index in [4.69, 9.17) is 0 Å². The number of benzene rings is 3. The first-order valence-corrected chi connectivity index (χ1v) is 14.7. The second kappa shape index (κ2) is 12.1. The van der Waals surface area contributed by atoms with Crippen molar-refractivity contribution in [3.63, 3.8) is 0 Å². The molecular weight excluding hydrogens is 587 g/mol. The van der Waals surface area contributed by atoms with Crippen molar-refractivity contribution in [2.75, 3.05) is 6.54 Å². The van der Waals surface area contributed by atoms with Gasteiger partial charge in [-0.2, -0.15) is 18.4 Å². The summed E-state index contributed by atoms with van der Waals surface area (Å²) in [5.74, 6) is -1.67. The van der Waals surface area contributed by atoms with Crippen LogP contribution in [0.5, 0.6) is 0 Å². The van der Waals surface area contributed by atoms with Crippen LogP contribution in [0, 0.1) is 0 Å². The summed E-state index contributed by atoms with van der Waals surface area (Å²) in [5.41, 5.74) is 0.948. The normalized spacial score (nSPS) is 17.6. The molecule has 0 radical (unpaired) electrons. The number of aromatic amines is 1. The van der Waals surface area contributed by atoms with Crippen LogP contribution in [0.4, 0.5) is 13.2 Å². The number of carbonyl (C=O) groups excluding carboxylic acids is 1. The average Bonchev–Trinajstić information content (AvgIpc) is 3.81. The molecule has 3 heterocycles. The molecule has 3 atom stereocenters. The first-order chi connectivity index (χ1) is 21.7. The Morgan fingerprint density at radius 3 is 2.47 bits per heavy atom. The molecule has 3 aromatic carbocycles. The Morgan fingerprint density at radius 1 is 1.07 bits per heavy atom. The number of rotatable bonds is 9. The van der Waals surface area contributed by atoms with Crippen molar-refractivity contribution in [3.8, 4) is 22.5 Å². The van der Waals surface area contributed by atoms with E-state index in [2.05, 4.69) is 25.6 Å². The fourth-order valence-electron chi connectivity index (χ4n) is 6.24. The maximum atomic E-state index is 14.8. The molecule has 13 heteroatoms. The smallest absolute Gasteiger partial charge is 0.418 e. The van der Waals surface area contributed by atoms with Crippen LogP contribution >= 0.6 is 0 Å². The van der Waals surface area contributed by atoms with E-state index in [1.807, 2.05) is 37.3 Å². The molecule has 1 unspecified atom stereocenters. The number of nitrogens with one attached hydrogen (secondary N) is 1. The molecular formula is C32H30F3N7O3. The van der Waals surface area contributed by atoms with Gasteiger partial charge in [-0.05, 0) is 46.9 Å². The summed E-state index contributed by atoms with van der Waals surface area (Å²) in [6, 6.07) is 16.5. The number of carboxylic acid groups (broad SMARTS) is 1. The SMILES string of the molecule is CCCCC(C(=O)N1C[C@@H](c2ccccc2)C[C@H]1C(=O)O)n1cnc2cc(-c3ccccc3-c3nn[nH]n3)cc(C(F)(F)F)c21. The van der Waals surface area contributed by atoms with Gasteiger partial charge in [-0.3, -0.25) is 4.79 Å². The third-order valence-electron chi connectivity index (χ3n) is 8.39. The quantitative estimate of drug-likeness (QED) is 0.204. The van der Waals surface area contributed by atoms with Crippen molar-refractivity contribution < 1.29 is 27.9 Å². The van der Waals surface area contributed by atoms with E-state index < -0.39 is 35.7 Å². The minimum atomic E-state index is -4.79. The van der Waals surface area contributed by atoms with E-state index in [1.165, 1.54) is 15.8 Å². The lowest BCUT2D eigenvalue weighted by atomic mass is 9.96. The van der Waals surface area contributed by atoms with Crippen LogP contribution < -0.4 is 0 Å². The number of unbranched alkanes of at least 4 members (excludes halogenated alkanes) is 1. The lowest BCUT2D eigenvalue weighted by molar-refractivity contribution is -0.149. The molecule has 5 aromatic rings. The van der Waals surface area contributed by atoms with Gasteiger partial charge >= 0.3 is 12.1 Å². The van der Waals surface area contributed by atoms with Crippen LogP contribution in [0.15, 0.2) is 73.1 Å². The number of carbonyl (C=O) groups is 2. The van der Waals surface area contributed by atoms with Crippen LogP contribution in [0.1, 0.15) is 55.7 Å². The Labute approximate surface area is 255 Å². The molecule has 2 N–H and O–H groups in total. The number of hydrogen-bond donors (Lipinski definition) is 2. The van der Waals surface area contributed by atoms with E-state index in [-0.39, 0.29) is 47.7 Å². The molecule has 2 aromatic heterocycles. The number of halogens is 3. The van der Waals surface area contributed by atoms with Crippen molar-refractivity contribution in [3.05, 3.63) is 84.2 Å². The summed E-state index contributed by atoms with van der Waals surface area (Å²) in [4.78, 5) is 32.2. The fraction of sp³-hybridized carbons (Fsp3) is 0.312. The molecule has 0 bridgehead atoms. The second-order valence-electron chi connectivity index (χ2n) is 11.2. The maximum absolute atomic E-state index is 14.8. The Bertz CT molecular complexity index is 1820. The van der Waals surface area contributed by atoms with Crippen molar-refractivity contribution in [2.24, 2.45) is 0 Å². The minimum Gasteiger partial charge on any atom is -0.480 e. The summed E-state index contributed by atoms with van der Waals surface area (Å²) in [6.45, 7) is 2.07. The predicted molar refractivity (Wildman–Crippen MR) is 159 cm³/mol. The van der Waals surface area contributed by atoms with Gasteiger partial charge in [0.1, 0.15) is 12.1 Å². The Kier molecular flexibility index (Phi) is 8.09. The van der Waals surface area contributed by atoms with Crippen LogP contribution in [0.25, 0.3) is 33.5 Å². The summed E-state index contributed by atoms with van der Waals surface area (Å²) >= 11 is 0. The van der Waals surface area contributed by atoms with Crippen molar-refractivity contribution in [2.45, 2.75) is 56.8 Å². The third-order valence-corrected chi connectivity index (χ3v) is 8.39. The van der Waals surface area contributed by atoms with E-state index >= 15 is 0 Å². The maximum Gasteiger partial charge on any atom is 0.418 e. The van der Waals surface area contributed by atoms with Gasteiger partial charge in [0.05, 0.1) is 22.9 Å². The van der Waals surface area contributed by atoms with Crippen LogP contribution in [0.3, 0.4) is 0 Å². The molecule has 1 fully saturated rings. The van der Waals surface area contributed by atoms with Crippen molar-refractivity contribution in [1.82, 2.24) is 35.1 Å². The first-order valence-electron chi connectivity index (χ1n) is 14.7. The van der Waals surface area contributed by atoms with Crippen LogP contribution in [0.2, 0.25) is 0 Å². The van der Waals surface area contributed by atoms with Gasteiger partial charge in [-0.1, -0.05) is 74.4 Å². The van der Waals surface area contributed by atoms with E-state index in [0.29, 0.717) is 24.0 Å². The zero-order chi connectivity index (χ0) is 31.7. The third kappa shape index (κ3) is 5.77. The number of carboxylic acids is 1. The molecule has 0 saturated carbocycles. The first kappa shape index (κ1) is 30.0. The summed E-state index contributed by atoms with van der Waals surface area (Å²) < 4.78 is 45.7. The number of aliphatic carboxylic acids is 1. The van der Waals surface area contributed by atoms with Gasteiger partial charge in [0.2, 0.25) is 11.7 Å². The van der Waals surface area contributed by atoms with Gasteiger partial charge < -0.3 is 14.6 Å². The highest BCUT2D eigenvalue weighted by Gasteiger charge is 2.43. The Morgan fingerprint density at radius 2 is 1.80 bits per heavy atom. The topological polar surface area (TPSA) is 130 Å². The van der Waals surface area contributed by atoms with E-state index in [9.17, 15) is 27.9 Å². The lowest BCUT2D eigenvalue weighted by Gasteiger charge is -2.28.